The van der Waals surface area contributed by atoms with E-state index >= 15 is 0 Å². The summed E-state index contributed by atoms with van der Waals surface area (Å²) in [6.07, 6.45) is -5.38. The third-order valence-electron chi connectivity index (χ3n) is 5.46. The standard InChI is InChI=1S/C16H15F7N2O2/c1-8-9(14(17,18)19)7-24-11(10(8)12(26)27-2)25-5-3-13(4-6-25)15(20,21)16(13,22)23/h7H,3-6H2,1-2H3. The maximum absolute atomic E-state index is 13.5. The summed E-state index contributed by atoms with van der Waals surface area (Å²) in [4.78, 5) is 17.0. The molecule has 1 aromatic heterocycles. The molecule has 0 N–H and O–H groups in total. The van der Waals surface area contributed by atoms with Gasteiger partial charge in [0, 0.05) is 19.3 Å². The van der Waals surface area contributed by atoms with E-state index in [4.69, 9.17) is 0 Å². The van der Waals surface area contributed by atoms with Crippen LogP contribution in [-0.4, -0.2) is 43.0 Å². The van der Waals surface area contributed by atoms with E-state index in [2.05, 4.69) is 9.72 Å². The number of esters is 1. The van der Waals surface area contributed by atoms with Crippen LogP contribution in [0.2, 0.25) is 0 Å². The van der Waals surface area contributed by atoms with Crippen LogP contribution in [0.5, 0.6) is 0 Å². The number of hydrogen-bond acceptors (Lipinski definition) is 4. The van der Waals surface area contributed by atoms with E-state index in [9.17, 15) is 35.5 Å². The lowest BCUT2D eigenvalue weighted by molar-refractivity contribution is -0.138. The van der Waals surface area contributed by atoms with Crippen LogP contribution in [0.3, 0.4) is 0 Å². The zero-order valence-corrected chi connectivity index (χ0v) is 14.3. The summed E-state index contributed by atoms with van der Waals surface area (Å²) in [7, 11) is 0.975. The Kier molecular flexibility index (Phi) is 4.17. The second-order valence-corrected chi connectivity index (χ2v) is 6.70. The van der Waals surface area contributed by atoms with Crippen molar-refractivity contribution in [1.82, 2.24) is 4.98 Å². The second kappa shape index (κ2) is 5.71. The summed E-state index contributed by atoms with van der Waals surface area (Å²) in [6, 6.07) is 0. The van der Waals surface area contributed by atoms with Crippen molar-refractivity contribution in [3.8, 4) is 0 Å². The third kappa shape index (κ3) is 2.49. The molecule has 11 heteroatoms. The molecular weight excluding hydrogens is 385 g/mol. The molecule has 1 saturated heterocycles. The summed E-state index contributed by atoms with van der Waals surface area (Å²) in [6.45, 7) is 0.467. The van der Waals surface area contributed by atoms with Gasteiger partial charge in [-0.05, 0) is 25.3 Å². The maximum Gasteiger partial charge on any atom is 0.418 e. The molecule has 27 heavy (non-hydrogen) atoms. The van der Waals surface area contributed by atoms with Crippen molar-refractivity contribution in [3.63, 3.8) is 0 Å². The first kappa shape index (κ1) is 19.7. The van der Waals surface area contributed by atoms with Gasteiger partial charge >= 0.3 is 24.0 Å². The van der Waals surface area contributed by atoms with Crippen LogP contribution in [0.25, 0.3) is 0 Å². The molecule has 1 aliphatic carbocycles. The van der Waals surface area contributed by atoms with E-state index < -0.39 is 58.9 Å². The molecule has 0 radical (unpaired) electrons. The highest BCUT2D eigenvalue weighted by molar-refractivity contribution is 5.96. The lowest BCUT2D eigenvalue weighted by atomic mass is 9.91. The van der Waals surface area contributed by atoms with Crippen molar-refractivity contribution < 1.29 is 40.3 Å². The lowest BCUT2D eigenvalue weighted by Gasteiger charge is -2.34. The van der Waals surface area contributed by atoms with Gasteiger partial charge in [-0.3, -0.25) is 0 Å². The first-order valence-corrected chi connectivity index (χ1v) is 7.97. The summed E-state index contributed by atoms with van der Waals surface area (Å²) in [5.41, 5.74) is -4.47. The number of ether oxygens (including phenoxy) is 1. The fourth-order valence-electron chi connectivity index (χ4n) is 3.71. The molecular formula is C16H15F7N2O2. The molecule has 2 aliphatic rings. The highest BCUT2D eigenvalue weighted by Crippen LogP contribution is 2.76. The second-order valence-electron chi connectivity index (χ2n) is 6.70. The Morgan fingerprint density at radius 1 is 1.15 bits per heavy atom. The average Bonchev–Trinajstić information content (AvgIpc) is 2.91. The van der Waals surface area contributed by atoms with Crippen molar-refractivity contribution in [2.24, 2.45) is 5.41 Å². The van der Waals surface area contributed by atoms with Gasteiger partial charge in [-0.25, -0.2) is 9.78 Å². The third-order valence-corrected chi connectivity index (χ3v) is 5.46. The Bertz CT molecular complexity index is 768. The number of aromatic nitrogens is 1. The van der Waals surface area contributed by atoms with Crippen molar-refractivity contribution in [3.05, 3.63) is 22.9 Å². The van der Waals surface area contributed by atoms with Crippen LogP contribution in [0.15, 0.2) is 6.20 Å². The highest BCUT2D eigenvalue weighted by Gasteiger charge is 2.95. The molecule has 0 bridgehead atoms. The van der Waals surface area contributed by atoms with Crippen LogP contribution in [-0.2, 0) is 10.9 Å². The molecule has 0 amide bonds. The largest absolute Gasteiger partial charge is 0.465 e. The van der Waals surface area contributed by atoms with Crippen molar-refractivity contribution >= 4 is 11.8 Å². The van der Waals surface area contributed by atoms with Gasteiger partial charge in [0.2, 0.25) is 0 Å². The molecule has 0 aromatic carbocycles. The molecule has 1 saturated carbocycles. The summed E-state index contributed by atoms with van der Waals surface area (Å²) in [5, 5.41) is 0. The van der Waals surface area contributed by atoms with Gasteiger partial charge in [-0.1, -0.05) is 0 Å². The summed E-state index contributed by atoms with van der Waals surface area (Å²) in [5.74, 6) is -9.50. The zero-order chi connectivity index (χ0) is 20.4. The van der Waals surface area contributed by atoms with Gasteiger partial charge in [-0.2, -0.15) is 30.7 Å². The lowest BCUT2D eigenvalue weighted by Crippen LogP contribution is -2.39. The van der Waals surface area contributed by atoms with Gasteiger partial charge < -0.3 is 9.64 Å². The Balaban J connectivity index is 1.95. The van der Waals surface area contributed by atoms with Crippen molar-refractivity contribution in [2.75, 3.05) is 25.1 Å². The number of nitrogens with zero attached hydrogens (tertiary/aromatic N) is 2. The fraction of sp³-hybridized carbons (Fsp3) is 0.625. The quantitative estimate of drug-likeness (QED) is 0.555. The average molecular weight is 400 g/mol. The minimum absolute atomic E-state index is 0.200. The number of anilines is 1. The van der Waals surface area contributed by atoms with Crippen molar-refractivity contribution in [2.45, 2.75) is 37.8 Å². The Morgan fingerprint density at radius 2 is 1.67 bits per heavy atom. The number of rotatable bonds is 2. The van der Waals surface area contributed by atoms with Gasteiger partial charge in [0.25, 0.3) is 0 Å². The van der Waals surface area contributed by atoms with Gasteiger partial charge in [0.05, 0.1) is 12.7 Å². The van der Waals surface area contributed by atoms with E-state index in [1.165, 1.54) is 4.90 Å². The normalized spacial score (nSPS) is 22.6. The van der Waals surface area contributed by atoms with Crippen LogP contribution < -0.4 is 4.90 Å². The Morgan fingerprint density at radius 3 is 2.07 bits per heavy atom. The minimum atomic E-state index is -4.76. The van der Waals surface area contributed by atoms with Crippen molar-refractivity contribution in [1.29, 1.82) is 0 Å². The van der Waals surface area contributed by atoms with Gasteiger partial charge in [-0.15, -0.1) is 0 Å². The molecule has 2 heterocycles. The van der Waals surface area contributed by atoms with Crippen LogP contribution >= 0.6 is 0 Å². The molecule has 1 spiro atoms. The topological polar surface area (TPSA) is 42.4 Å². The molecule has 3 rings (SSSR count). The molecule has 0 unspecified atom stereocenters. The van der Waals surface area contributed by atoms with Crippen LogP contribution in [0, 0.1) is 12.3 Å². The summed E-state index contributed by atoms with van der Waals surface area (Å²) < 4.78 is 97.8. The molecule has 2 fully saturated rings. The maximum atomic E-state index is 13.5. The molecule has 1 aliphatic heterocycles. The molecule has 0 atom stereocenters. The van der Waals surface area contributed by atoms with Crippen LogP contribution in [0.1, 0.15) is 34.3 Å². The highest BCUT2D eigenvalue weighted by atomic mass is 19.4. The Labute approximate surface area is 149 Å². The number of carbonyl (C=O) groups excluding carboxylic acids is 1. The first-order chi connectivity index (χ1) is 12.3. The van der Waals surface area contributed by atoms with E-state index in [1.807, 2.05) is 0 Å². The number of piperidine rings is 1. The number of carbonyl (C=O) groups is 1. The zero-order valence-electron chi connectivity index (χ0n) is 14.3. The molecule has 1 aromatic rings. The number of methoxy groups -OCH3 is 1. The van der Waals surface area contributed by atoms with Crippen LogP contribution in [0.4, 0.5) is 36.6 Å². The van der Waals surface area contributed by atoms with E-state index in [0.29, 0.717) is 6.20 Å². The smallest absolute Gasteiger partial charge is 0.418 e. The predicted molar refractivity (Wildman–Crippen MR) is 79.1 cm³/mol. The predicted octanol–water partition coefficient (Wildman–Crippen LogP) is 4.07. The number of alkyl halides is 7. The van der Waals surface area contributed by atoms with E-state index in [0.717, 1.165) is 14.0 Å². The van der Waals surface area contributed by atoms with Gasteiger partial charge in [0.1, 0.15) is 16.8 Å². The number of hydrogen-bond donors (Lipinski definition) is 0. The minimum Gasteiger partial charge on any atom is -0.465 e. The summed E-state index contributed by atoms with van der Waals surface area (Å²) >= 11 is 0. The monoisotopic (exact) mass is 400 g/mol. The molecule has 150 valence electrons. The van der Waals surface area contributed by atoms with Gasteiger partial charge in [0.15, 0.2) is 0 Å². The number of halogens is 7. The van der Waals surface area contributed by atoms with E-state index in [-0.39, 0.29) is 18.9 Å². The Hall–Kier alpha value is -2.07. The van der Waals surface area contributed by atoms with E-state index in [1.54, 1.807) is 0 Å². The fourth-order valence-corrected chi connectivity index (χ4v) is 3.71. The SMILES string of the molecule is COC(=O)c1c(N2CCC3(CC2)C(F)(F)C3(F)F)ncc(C(F)(F)F)c1C. The first-order valence-electron chi connectivity index (χ1n) is 7.97. The number of pyridine rings is 1. The molecule has 4 nitrogen and oxygen atoms in total.